The zero-order valence-electron chi connectivity index (χ0n) is 17.1. The average Bonchev–Trinajstić information content (AvgIpc) is 3.34. The van der Waals surface area contributed by atoms with Crippen molar-refractivity contribution in [2.45, 2.75) is 51.1 Å². The summed E-state index contributed by atoms with van der Waals surface area (Å²) in [5.41, 5.74) is 2.04. The molecule has 1 aromatic carbocycles. The van der Waals surface area contributed by atoms with Crippen LogP contribution in [-0.4, -0.2) is 48.6 Å². The molecule has 1 amide bonds. The van der Waals surface area contributed by atoms with Gasteiger partial charge in [-0.05, 0) is 44.4 Å². The minimum absolute atomic E-state index is 0.114. The molecule has 0 bridgehead atoms. The molecule has 0 radical (unpaired) electrons. The van der Waals surface area contributed by atoms with Gasteiger partial charge in [-0.2, -0.15) is 9.40 Å². The van der Waals surface area contributed by atoms with Gasteiger partial charge in [0, 0.05) is 26.1 Å². The first-order valence-corrected chi connectivity index (χ1v) is 11.2. The monoisotopic (exact) mass is 420 g/mol. The topological polar surface area (TPSA) is 93.5 Å². The number of carbonyl (C=O) groups is 1. The number of benzene rings is 1. The minimum Gasteiger partial charge on any atom is -0.497 e. The predicted molar refractivity (Wildman–Crippen MR) is 109 cm³/mol. The number of nitrogens with one attached hydrogen (secondary N) is 1. The van der Waals surface area contributed by atoms with Crippen LogP contribution >= 0.6 is 0 Å². The van der Waals surface area contributed by atoms with E-state index in [0.29, 0.717) is 37.6 Å². The van der Waals surface area contributed by atoms with Gasteiger partial charge in [-0.3, -0.25) is 9.48 Å². The molecule has 1 N–H and O–H groups in total. The molecule has 2 aromatic rings. The summed E-state index contributed by atoms with van der Waals surface area (Å²) >= 11 is 0. The molecule has 9 heteroatoms. The van der Waals surface area contributed by atoms with Gasteiger partial charge in [0.05, 0.1) is 25.0 Å². The molecule has 3 rings (SSSR count). The average molecular weight is 421 g/mol. The van der Waals surface area contributed by atoms with E-state index in [-0.39, 0.29) is 17.2 Å². The first-order chi connectivity index (χ1) is 13.8. The Hall–Kier alpha value is -2.39. The molecule has 0 unspecified atom stereocenters. The van der Waals surface area contributed by atoms with Crippen LogP contribution in [0.15, 0.2) is 29.2 Å². The van der Waals surface area contributed by atoms with Gasteiger partial charge in [0.2, 0.25) is 15.9 Å². The summed E-state index contributed by atoms with van der Waals surface area (Å²) in [5, 5.41) is 7.25. The number of amides is 1. The van der Waals surface area contributed by atoms with E-state index in [1.807, 2.05) is 24.3 Å². The second-order valence-corrected chi connectivity index (χ2v) is 9.08. The van der Waals surface area contributed by atoms with E-state index in [0.717, 1.165) is 24.2 Å². The summed E-state index contributed by atoms with van der Waals surface area (Å²) in [6, 6.07) is 7.49. The van der Waals surface area contributed by atoms with Gasteiger partial charge >= 0.3 is 0 Å². The number of hydrogen-bond acceptors (Lipinski definition) is 5. The van der Waals surface area contributed by atoms with Crippen LogP contribution in [0, 0.1) is 13.8 Å². The van der Waals surface area contributed by atoms with E-state index in [2.05, 4.69) is 10.4 Å². The molecule has 1 aromatic heterocycles. The van der Waals surface area contributed by atoms with Crippen LogP contribution in [0.2, 0.25) is 0 Å². The Morgan fingerprint density at radius 3 is 2.45 bits per heavy atom. The number of aryl methyl sites for hydroxylation is 2. The third-order valence-corrected chi connectivity index (χ3v) is 7.33. The van der Waals surface area contributed by atoms with Crippen LogP contribution in [-0.2, 0) is 27.9 Å². The van der Waals surface area contributed by atoms with Gasteiger partial charge in [-0.1, -0.05) is 12.1 Å². The SMILES string of the molecule is COc1ccc(CNC(=O)CCn2nc(C)c(S(=O)(=O)N3CCCC3)c2C)cc1. The zero-order chi connectivity index (χ0) is 21.0. The highest BCUT2D eigenvalue weighted by Gasteiger charge is 2.32. The highest BCUT2D eigenvalue weighted by atomic mass is 32.2. The summed E-state index contributed by atoms with van der Waals surface area (Å²) in [6.45, 7) is 5.32. The molecular formula is C20H28N4O4S. The molecule has 0 saturated carbocycles. The highest BCUT2D eigenvalue weighted by Crippen LogP contribution is 2.26. The standard InChI is InChI=1S/C20H28N4O4S/c1-15-20(29(26,27)23-11-4-5-12-23)16(2)24(22-15)13-10-19(25)21-14-17-6-8-18(28-3)9-7-17/h6-9H,4-5,10-14H2,1-3H3,(H,21,25). The smallest absolute Gasteiger partial charge is 0.246 e. The van der Waals surface area contributed by atoms with E-state index in [9.17, 15) is 13.2 Å². The van der Waals surface area contributed by atoms with Gasteiger partial charge < -0.3 is 10.1 Å². The fourth-order valence-electron chi connectivity index (χ4n) is 3.57. The Morgan fingerprint density at radius 2 is 1.83 bits per heavy atom. The summed E-state index contributed by atoms with van der Waals surface area (Å²) in [6.07, 6.45) is 2.00. The van der Waals surface area contributed by atoms with Crippen LogP contribution in [0.3, 0.4) is 0 Å². The van der Waals surface area contributed by atoms with Crippen molar-refractivity contribution in [3.8, 4) is 5.75 Å². The molecule has 0 aliphatic carbocycles. The van der Waals surface area contributed by atoms with Crippen molar-refractivity contribution in [2.24, 2.45) is 0 Å². The quantitative estimate of drug-likeness (QED) is 0.705. The largest absolute Gasteiger partial charge is 0.497 e. The van der Waals surface area contributed by atoms with E-state index in [1.165, 1.54) is 4.31 Å². The number of hydrogen-bond donors (Lipinski definition) is 1. The Labute approximate surface area is 171 Å². The third kappa shape index (κ3) is 4.79. The van der Waals surface area contributed by atoms with Crippen molar-refractivity contribution in [3.05, 3.63) is 41.2 Å². The fraction of sp³-hybridized carbons (Fsp3) is 0.500. The van der Waals surface area contributed by atoms with Crippen LogP contribution in [0.1, 0.15) is 36.2 Å². The number of aromatic nitrogens is 2. The molecular weight excluding hydrogens is 392 g/mol. The molecule has 158 valence electrons. The first-order valence-electron chi connectivity index (χ1n) is 9.76. The number of ether oxygens (including phenoxy) is 1. The Balaban J connectivity index is 1.59. The second-order valence-electron chi connectivity index (χ2n) is 7.21. The minimum atomic E-state index is -3.53. The number of nitrogens with zero attached hydrogens (tertiary/aromatic N) is 3. The summed E-state index contributed by atoms with van der Waals surface area (Å²) in [4.78, 5) is 12.5. The maximum atomic E-state index is 12.9. The van der Waals surface area contributed by atoms with E-state index in [1.54, 1.807) is 25.6 Å². The summed E-state index contributed by atoms with van der Waals surface area (Å²) in [7, 11) is -1.92. The highest BCUT2D eigenvalue weighted by molar-refractivity contribution is 7.89. The van der Waals surface area contributed by atoms with E-state index >= 15 is 0 Å². The number of methoxy groups -OCH3 is 1. The Bertz CT molecular complexity index is 961. The number of rotatable bonds is 8. The lowest BCUT2D eigenvalue weighted by atomic mass is 10.2. The molecule has 2 heterocycles. The van der Waals surface area contributed by atoms with Crippen LogP contribution in [0.5, 0.6) is 5.75 Å². The first kappa shape index (κ1) is 21.3. The van der Waals surface area contributed by atoms with Gasteiger partial charge in [0.25, 0.3) is 0 Å². The Kier molecular flexibility index (Phi) is 6.59. The van der Waals surface area contributed by atoms with Crippen LogP contribution in [0.25, 0.3) is 0 Å². The number of sulfonamides is 1. The maximum absolute atomic E-state index is 12.9. The lowest BCUT2D eigenvalue weighted by molar-refractivity contribution is -0.121. The number of carbonyl (C=O) groups excluding carboxylic acids is 1. The van der Waals surface area contributed by atoms with E-state index in [4.69, 9.17) is 4.74 Å². The van der Waals surface area contributed by atoms with Crippen molar-refractivity contribution in [3.63, 3.8) is 0 Å². The third-order valence-electron chi connectivity index (χ3n) is 5.18. The molecule has 0 spiro atoms. The van der Waals surface area contributed by atoms with Gasteiger partial charge in [0.15, 0.2) is 0 Å². The predicted octanol–water partition coefficient (Wildman–Crippen LogP) is 2.00. The molecule has 1 aliphatic rings. The zero-order valence-corrected chi connectivity index (χ0v) is 18.0. The summed E-state index contributed by atoms with van der Waals surface area (Å²) < 4.78 is 34.1. The molecule has 29 heavy (non-hydrogen) atoms. The maximum Gasteiger partial charge on any atom is 0.246 e. The molecule has 1 saturated heterocycles. The lowest BCUT2D eigenvalue weighted by Crippen LogP contribution is -2.28. The fourth-order valence-corrected chi connectivity index (χ4v) is 5.46. The van der Waals surface area contributed by atoms with Crippen molar-refractivity contribution in [1.29, 1.82) is 0 Å². The normalized spacial score (nSPS) is 14.9. The summed E-state index contributed by atoms with van der Waals surface area (Å²) in [5.74, 6) is 0.654. The molecule has 8 nitrogen and oxygen atoms in total. The van der Waals surface area contributed by atoms with Gasteiger partial charge in [-0.15, -0.1) is 0 Å². The van der Waals surface area contributed by atoms with Gasteiger partial charge in [0.1, 0.15) is 10.6 Å². The van der Waals surface area contributed by atoms with Crippen molar-refractivity contribution in [2.75, 3.05) is 20.2 Å². The van der Waals surface area contributed by atoms with Gasteiger partial charge in [-0.25, -0.2) is 8.42 Å². The van der Waals surface area contributed by atoms with Crippen molar-refractivity contribution < 1.29 is 17.9 Å². The second kappa shape index (κ2) is 8.96. The Morgan fingerprint density at radius 1 is 1.17 bits per heavy atom. The molecule has 1 fully saturated rings. The van der Waals surface area contributed by atoms with Crippen LogP contribution in [0.4, 0.5) is 0 Å². The molecule has 0 atom stereocenters. The van der Waals surface area contributed by atoms with E-state index < -0.39 is 10.0 Å². The van der Waals surface area contributed by atoms with Crippen molar-refractivity contribution >= 4 is 15.9 Å². The van der Waals surface area contributed by atoms with Crippen molar-refractivity contribution in [1.82, 2.24) is 19.4 Å². The molecule has 1 aliphatic heterocycles. The lowest BCUT2D eigenvalue weighted by Gasteiger charge is -2.15. The van der Waals surface area contributed by atoms with Crippen LogP contribution < -0.4 is 10.1 Å².